The Hall–Kier alpha value is -3.37. The maximum atomic E-state index is 13.0. The van der Waals surface area contributed by atoms with Gasteiger partial charge in [-0.05, 0) is 76.1 Å². The normalized spacial score (nSPS) is 12.7. The number of benzene rings is 2. The first-order valence-electron chi connectivity index (χ1n) is 12.3. The summed E-state index contributed by atoms with van der Waals surface area (Å²) in [7, 11) is -2.17. The number of halogens is 1. The van der Waals surface area contributed by atoms with E-state index in [9.17, 15) is 22.8 Å². The molecule has 39 heavy (non-hydrogen) atoms. The number of nitrogens with one attached hydrogen (secondary N) is 1. The van der Waals surface area contributed by atoms with Crippen LogP contribution in [0, 0.1) is 12.3 Å². The molecule has 0 bridgehead atoms. The molecule has 0 aliphatic carbocycles. The van der Waals surface area contributed by atoms with Crippen molar-refractivity contribution < 1.29 is 32.3 Å². The van der Waals surface area contributed by atoms with Gasteiger partial charge in [0.1, 0.15) is 18.9 Å². The zero-order chi connectivity index (χ0) is 29.1. The molecular formula is C28H33ClN2O7S. The molecule has 0 unspecified atom stereocenters. The molecule has 0 saturated carbocycles. The fourth-order valence-corrected chi connectivity index (χ4v) is 5.28. The number of amides is 1. The van der Waals surface area contributed by atoms with Crippen molar-refractivity contribution in [3.05, 3.63) is 64.3 Å². The Morgan fingerprint density at radius 2 is 1.64 bits per heavy atom. The second-order valence-corrected chi connectivity index (χ2v) is 12.8. The quantitative estimate of drug-likeness (QED) is 0.293. The first-order chi connectivity index (χ1) is 18.1. The Morgan fingerprint density at radius 1 is 1.03 bits per heavy atom. The third-order valence-electron chi connectivity index (χ3n) is 6.08. The topological polar surface area (TPSA) is 121 Å². The van der Waals surface area contributed by atoms with Gasteiger partial charge in [0.15, 0.2) is 15.6 Å². The van der Waals surface area contributed by atoms with Crippen LogP contribution in [0.3, 0.4) is 0 Å². The predicted octanol–water partition coefficient (Wildman–Crippen LogP) is 4.54. The average Bonchev–Trinajstić information content (AvgIpc) is 3.17. The number of aromatic nitrogens is 1. The molecule has 0 aliphatic heterocycles. The SMILES string of the molecule is Cc1cc(Cl)c2cc(C(=O)N[C@H](C)c3ccc(S(=O)(=O)CC(=O)OCCOC(=O)C(C)(C)C)cc3)n(C)c2c1. The van der Waals surface area contributed by atoms with Gasteiger partial charge in [-0.1, -0.05) is 23.7 Å². The molecule has 1 atom stereocenters. The maximum absolute atomic E-state index is 13.0. The molecule has 0 aliphatic rings. The molecule has 1 aromatic heterocycles. The van der Waals surface area contributed by atoms with Gasteiger partial charge in [0.2, 0.25) is 0 Å². The van der Waals surface area contributed by atoms with E-state index < -0.39 is 39.0 Å². The van der Waals surface area contributed by atoms with Gasteiger partial charge in [-0.2, -0.15) is 0 Å². The highest BCUT2D eigenvalue weighted by molar-refractivity contribution is 7.92. The van der Waals surface area contributed by atoms with Crippen LogP contribution in [0.4, 0.5) is 0 Å². The lowest BCUT2D eigenvalue weighted by molar-refractivity contribution is -0.157. The molecule has 11 heteroatoms. The number of carbonyl (C=O) groups is 3. The van der Waals surface area contributed by atoms with E-state index in [-0.39, 0.29) is 24.0 Å². The minimum absolute atomic E-state index is 0.0559. The number of rotatable bonds is 9. The van der Waals surface area contributed by atoms with Crippen molar-refractivity contribution in [2.45, 2.75) is 45.6 Å². The van der Waals surface area contributed by atoms with Gasteiger partial charge in [0.25, 0.3) is 5.91 Å². The number of esters is 2. The van der Waals surface area contributed by atoms with Crippen LogP contribution in [-0.2, 0) is 35.9 Å². The van der Waals surface area contributed by atoms with E-state index >= 15 is 0 Å². The molecule has 0 fully saturated rings. The summed E-state index contributed by atoms with van der Waals surface area (Å²) in [6.45, 7) is 8.38. The molecule has 1 amide bonds. The zero-order valence-corrected chi connectivity index (χ0v) is 24.4. The number of sulfone groups is 1. The Morgan fingerprint density at radius 3 is 2.26 bits per heavy atom. The first kappa shape index (κ1) is 30.2. The Bertz CT molecular complexity index is 1500. The molecule has 0 spiro atoms. The van der Waals surface area contributed by atoms with Crippen LogP contribution in [0.5, 0.6) is 0 Å². The van der Waals surface area contributed by atoms with Crippen LogP contribution in [0.15, 0.2) is 47.4 Å². The number of aryl methyl sites for hydroxylation is 2. The van der Waals surface area contributed by atoms with E-state index in [0.29, 0.717) is 16.3 Å². The molecule has 0 radical (unpaired) electrons. The van der Waals surface area contributed by atoms with Crippen molar-refractivity contribution in [1.82, 2.24) is 9.88 Å². The highest BCUT2D eigenvalue weighted by Gasteiger charge is 2.24. The highest BCUT2D eigenvalue weighted by Crippen LogP contribution is 2.28. The van der Waals surface area contributed by atoms with Crippen LogP contribution in [0.2, 0.25) is 5.02 Å². The lowest BCUT2D eigenvalue weighted by Crippen LogP contribution is -2.28. The molecule has 3 rings (SSSR count). The van der Waals surface area contributed by atoms with Crippen LogP contribution < -0.4 is 5.32 Å². The van der Waals surface area contributed by atoms with Crippen LogP contribution in [-0.4, -0.2) is 49.8 Å². The minimum Gasteiger partial charge on any atom is -0.462 e. The lowest BCUT2D eigenvalue weighted by atomic mass is 9.97. The van der Waals surface area contributed by atoms with Crippen LogP contribution in [0.25, 0.3) is 10.9 Å². The van der Waals surface area contributed by atoms with Crippen molar-refractivity contribution in [3.8, 4) is 0 Å². The van der Waals surface area contributed by atoms with Crippen molar-refractivity contribution in [1.29, 1.82) is 0 Å². The summed E-state index contributed by atoms with van der Waals surface area (Å²) in [6, 6.07) is 11.0. The second kappa shape index (κ2) is 11.8. The molecular weight excluding hydrogens is 544 g/mol. The number of nitrogens with zero attached hydrogens (tertiary/aromatic N) is 1. The zero-order valence-electron chi connectivity index (χ0n) is 22.8. The summed E-state index contributed by atoms with van der Waals surface area (Å²) in [5, 5.41) is 4.27. The minimum atomic E-state index is -3.96. The van der Waals surface area contributed by atoms with Gasteiger partial charge in [0.05, 0.1) is 26.9 Å². The predicted molar refractivity (Wildman–Crippen MR) is 148 cm³/mol. The Balaban J connectivity index is 1.59. The highest BCUT2D eigenvalue weighted by atomic mass is 35.5. The van der Waals surface area contributed by atoms with E-state index in [1.165, 1.54) is 12.1 Å². The molecule has 210 valence electrons. The van der Waals surface area contributed by atoms with E-state index in [1.54, 1.807) is 57.5 Å². The number of hydrogen-bond donors (Lipinski definition) is 1. The molecule has 1 N–H and O–H groups in total. The van der Waals surface area contributed by atoms with Crippen molar-refractivity contribution in [3.63, 3.8) is 0 Å². The summed E-state index contributed by atoms with van der Waals surface area (Å²) in [4.78, 5) is 36.7. The van der Waals surface area contributed by atoms with Gasteiger partial charge in [0, 0.05) is 12.4 Å². The number of carbonyl (C=O) groups excluding carboxylic acids is 3. The third kappa shape index (κ3) is 7.39. The summed E-state index contributed by atoms with van der Waals surface area (Å²) >= 11 is 6.35. The van der Waals surface area contributed by atoms with Crippen LogP contribution >= 0.6 is 11.6 Å². The van der Waals surface area contributed by atoms with Crippen molar-refractivity contribution >= 4 is 50.2 Å². The van der Waals surface area contributed by atoms with E-state index in [4.69, 9.17) is 21.1 Å². The van der Waals surface area contributed by atoms with Crippen LogP contribution in [0.1, 0.15) is 55.4 Å². The fourth-order valence-electron chi connectivity index (χ4n) is 3.84. The van der Waals surface area contributed by atoms with E-state index in [2.05, 4.69) is 5.32 Å². The second-order valence-electron chi connectivity index (χ2n) is 10.4. The van der Waals surface area contributed by atoms with Gasteiger partial charge in [-0.25, -0.2) is 8.42 Å². The smallest absolute Gasteiger partial charge is 0.321 e. The number of fused-ring (bicyclic) bond motifs is 1. The van der Waals surface area contributed by atoms with E-state index in [0.717, 1.165) is 16.5 Å². The van der Waals surface area contributed by atoms with Crippen molar-refractivity contribution in [2.24, 2.45) is 12.5 Å². The molecule has 9 nitrogen and oxygen atoms in total. The number of ether oxygens (including phenoxy) is 2. The summed E-state index contributed by atoms with van der Waals surface area (Å²) in [5.41, 5.74) is 2.26. The Labute approximate surface area is 233 Å². The molecule has 3 aromatic rings. The maximum Gasteiger partial charge on any atom is 0.321 e. The average molecular weight is 577 g/mol. The van der Waals surface area contributed by atoms with Gasteiger partial charge >= 0.3 is 11.9 Å². The summed E-state index contributed by atoms with van der Waals surface area (Å²) in [6.07, 6.45) is 0. The summed E-state index contributed by atoms with van der Waals surface area (Å²) < 4.78 is 37.0. The van der Waals surface area contributed by atoms with Gasteiger partial charge < -0.3 is 19.4 Å². The van der Waals surface area contributed by atoms with Gasteiger partial charge in [-0.15, -0.1) is 0 Å². The monoisotopic (exact) mass is 576 g/mol. The van der Waals surface area contributed by atoms with Crippen molar-refractivity contribution in [2.75, 3.05) is 19.0 Å². The largest absolute Gasteiger partial charge is 0.462 e. The third-order valence-corrected chi connectivity index (χ3v) is 7.99. The standard InChI is InChI=1S/C28H33ClN2O7S/c1-17-13-22(29)21-15-24(31(6)23(21)14-17)26(33)30-18(2)19-7-9-20(10-8-19)39(35,36)16-25(32)37-11-12-38-27(34)28(3,4)5/h7-10,13-15,18H,11-12,16H2,1-6H3,(H,30,33)/t18-/m1/s1. The lowest BCUT2D eigenvalue weighted by Gasteiger charge is -2.16. The Kier molecular flexibility index (Phi) is 9.12. The summed E-state index contributed by atoms with van der Waals surface area (Å²) in [5.74, 6) is -2.55. The molecule has 2 aromatic carbocycles. The van der Waals surface area contributed by atoms with E-state index in [1.807, 2.05) is 19.1 Å². The van der Waals surface area contributed by atoms with Gasteiger partial charge in [-0.3, -0.25) is 14.4 Å². The fraction of sp³-hybridized carbons (Fsp3) is 0.393. The molecule has 0 saturated heterocycles. The number of hydrogen-bond acceptors (Lipinski definition) is 7. The first-order valence-corrected chi connectivity index (χ1v) is 14.3. The molecule has 1 heterocycles.